The van der Waals surface area contributed by atoms with Crippen LogP contribution in [0.1, 0.15) is 38.7 Å². The summed E-state index contributed by atoms with van der Waals surface area (Å²) in [5.74, 6) is 0.274. The summed E-state index contributed by atoms with van der Waals surface area (Å²) >= 11 is 7.36. The Hall–Kier alpha value is -2.38. The van der Waals surface area contributed by atoms with Crippen molar-refractivity contribution in [3.05, 3.63) is 59.1 Å². The highest BCUT2D eigenvalue weighted by atomic mass is 35.5. The molecule has 0 saturated heterocycles. The van der Waals surface area contributed by atoms with E-state index in [1.54, 1.807) is 16.8 Å². The number of carbonyl (C=O) groups excluding carboxylic acids is 1. The number of aromatic nitrogens is 4. The fourth-order valence-electron chi connectivity index (χ4n) is 2.73. The second-order valence-electron chi connectivity index (χ2n) is 6.50. The minimum absolute atomic E-state index is 0.0959. The summed E-state index contributed by atoms with van der Waals surface area (Å²) in [6.45, 7) is 6.13. The summed E-state index contributed by atoms with van der Waals surface area (Å²) in [6.07, 6.45) is 1.01. The number of benzene rings is 2. The molecule has 28 heavy (non-hydrogen) atoms. The molecule has 0 bridgehead atoms. The number of nitrogens with one attached hydrogen (secondary N) is 1. The first-order valence-electron chi connectivity index (χ1n) is 9.10. The summed E-state index contributed by atoms with van der Waals surface area (Å²) in [5, 5.41) is 15.6. The number of rotatable bonds is 7. The first kappa shape index (κ1) is 20.4. The molecule has 6 nitrogen and oxygen atoms in total. The monoisotopic (exact) mass is 415 g/mol. The van der Waals surface area contributed by atoms with Gasteiger partial charge in [0.15, 0.2) is 0 Å². The van der Waals surface area contributed by atoms with E-state index < -0.39 is 0 Å². The Kier molecular flexibility index (Phi) is 6.70. The zero-order valence-corrected chi connectivity index (χ0v) is 17.5. The largest absolute Gasteiger partial charge is 0.325 e. The standard InChI is InChI=1S/C20H22ClN5OS/c1-4-13(2)17-10-5-6-11-18(17)22-19(27)14(3)28-20-23-24-25-26(20)16-9-7-8-15(21)12-16/h5-14H,4H2,1-3H3,(H,22,27)/t13-,14-/m0/s1. The molecular formula is C20H22ClN5OS. The maximum absolute atomic E-state index is 12.8. The summed E-state index contributed by atoms with van der Waals surface area (Å²) in [4.78, 5) is 12.8. The minimum Gasteiger partial charge on any atom is -0.325 e. The molecule has 8 heteroatoms. The molecule has 2 atom stereocenters. The summed E-state index contributed by atoms with van der Waals surface area (Å²) in [5.41, 5.74) is 2.73. The Morgan fingerprint density at radius 3 is 2.75 bits per heavy atom. The van der Waals surface area contributed by atoms with E-state index in [2.05, 4.69) is 40.8 Å². The Balaban J connectivity index is 1.74. The van der Waals surface area contributed by atoms with Crippen LogP contribution >= 0.6 is 23.4 Å². The predicted molar refractivity (Wildman–Crippen MR) is 113 cm³/mol. The maximum Gasteiger partial charge on any atom is 0.237 e. The normalized spacial score (nSPS) is 13.1. The van der Waals surface area contributed by atoms with Gasteiger partial charge in [-0.1, -0.05) is 61.5 Å². The average Bonchev–Trinajstić information content (AvgIpc) is 3.16. The summed E-state index contributed by atoms with van der Waals surface area (Å²) in [6, 6.07) is 15.2. The second kappa shape index (κ2) is 9.21. The first-order valence-corrected chi connectivity index (χ1v) is 10.4. The molecule has 146 valence electrons. The number of thioether (sulfide) groups is 1. The fourth-order valence-corrected chi connectivity index (χ4v) is 3.72. The number of nitrogens with zero attached hydrogens (tertiary/aromatic N) is 4. The number of hydrogen-bond donors (Lipinski definition) is 1. The molecule has 1 aromatic heterocycles. The zero-order chi connectivity index (χ0) is 20.1. The number of amides is 1. The van der Waals surface area contributed by atoms with Crippen LogP contribution in [0.15, 0.2) is 53.7 Å². The van der Waals surface area contributed by atoms with Crippen LogP contribution in [0.2, 0.25) is 5.02 Å². The highest BCUT2D eigenvalue weighted by Gasteiger charge is 2.21. The Labute approximate surface area is 173 Å². The van der Waals surface area contributed by atoms with Crippen LogP contribution < -0.4 is 5.32 Å². The molecule has 2 aromatic carbocycles. The van der Waals surface area contributed by atoms with Gasteiger partial charge in [0.25, 0.3) is 0 Å². The van der Waals surface area contributed by atoms with Crippen LogP contribution in [-0.4, -0.2) is 31.4 Å². The second-order valence-corrected chi connectivity index (χ2v) is 8.24. The van der Waals surface area contributed by atoms with Gasteiger partial charge < -0.3 is 5.32 Å². The third-order valence-corrected chi connectivity index (χ3v) is 5.78. The molecule has 0 aliphatic rings. The van der Waals surface area contributed by atoms with Gasteiger partial charge in [-0.3, -0.25) is 4.79 Å². The lowest BCUT2D eigenvalue weighted by atomic mass is 9.97. The van der Waals surface area contributed by atoms with E-state index in [1.807, 2.05) is 37.3 Å². The van der Waals surface area contributed by atoms with E-state index >= 15 is 0 Å². The van der Waals surface area contributed by atoms with E-state index in [4.69, 9.17) is 11.6 Å². The van der Waals surface area contributed by atoms with Gasteiger partial charge in [-0.15, -0.1) is 5.10 Å². The molecule has 1 amide bonds. The molecular weight excluding hydrogens is 394 g/mol. The average molecular weight is 416 g/mol. The van der Waals surface area contributed by atoms with Gasteiger partial charge >= 0.3 is 0 Å². The molecule has 3 aromatic rings. The van der Waals surface area contributed by atoms with Crippen LogP contribution in [0.25, 0.3) is 5.69 Å². The van der Waals surface area contributed by atoms with Crippen LogP contribution in [0, 0.1) is 0 Å². The van der Waals surface area contributed by atoms with Crippen molar-refractivity contribution in [2.24, 2.45) is 0 Å². The number of halogens is 1. The molecule has 0 aliphatic heterocycles. The molecule has 0 saturated carbocycles. The Morgan fingerprint density at radius 2 is 2.00 bits per heavy atom. The number of anilines is 1. The van der Waals surface area contributed by atoms with Gasteiger partial charge in [-0.05, 0) is 59.5 Å². The van der Waals surface area contributed by atoms with E-state index in [1.165, 1.54) is 11.8 Å². The molecule has 0 aliphatic carbocycles. The molecule has 0 radical (unpaired) electrons. The molecule has 0 fully saturated rings. The predicted octanol–water partition coefficient (Wildman–Crippen LogP) is 4.95. The smallest absolute Gasteiger partial charge is 0.237 e. The number of para-hydroxylation sites is 1. The van der Waals surface area contributed by atoms with Gasteiger partial charge in [-0.2, -0.15) is 4.68 Å². The summed E-state index contributed by atoms with van der Waals surface area (Å²) in [7, 11) is 0. The van der Waals surface area contributed by atoms with Crippen molar-refractivity contribution in [3.63, 3.8) is 0 Å². The fraction of sp³-hybridized carbons (Fsp3) is 0.300. The van der Waals surface area contributed by atoms with Crippen LogP contribution in [0.3, 0.4) is 0 Å². The minimum atomic E-state index is -0.381. The van der Waals surface area contributed by atoms with Gasteiger partial charge in [0.2, 0.25) is 11.1 Å². The van der Waals surface area contributed by atoms with Gasteiger partial charge in [0.05, 0.1) is 10.9 Å². The van der Waals surface area contributed by atoms with Gasteiger partial charge in [0, 0.05) is 10.7 Å². The van der Waals surface area contributed by atoms with E-state index in [0.717, 1.165) is 23.4 Å². The topological polar surface area (TPSA) is 72.7 Å². The highest BCUT2D eigenvalue weighted by molar-refractivity contribution is 8.00. The third kappa shape index (κ3) is 4.72. The van der Waals surface area contributed by atoms with Crippen molar-refractivity contribution in [2.45, 2.75) is 43.5 Å². The molecule has 1 heterocycles. The quantitative estimate of drug-likeness (QED) is 0.553. The van der Waals surface area contributed by atoms with Crippen molar-refractivity contribution < 1.29 is 4.79 Å². The highest BCUT2D eigenvalue weighted by Crippen LogP contribution is 2.28. The van der Waals surface area contributed by atoms with E-state index in [0.29, 0.717) is 16.1 Å². The van der Waals surface area contributed by atoms with Gasteiger partial charge in [-0.25, -0.2) is 0 Å². The Morgan fingerprint density at radius 1 is 1.21 bits per heavy atom. The van der Waals surface area contributed by atoms with E-state index in [9.17, 15) is 4.79 Å². The number of carbonyl (C=O) groups is 1. The van der Waals surface area contributed by atoms with Crippen LogP contribution in [0.4, 0.5) is 5.69 Å². The number of hydrogen-bond acceptors (Lipinski definition) is 5. The molecule has 3 rings (SSSR count). The maximum atomic E-state index is 12.8. The SMILES string of the molecule is CC[C@H](C)c1ccccc1NC(=O)[C@H](C)Sc1nnnn1-c1cccc(Cl)c1. The number of tetrazole rings is 1. The van der Waals surface area contributed by atoms with Crippen molar-refractivity contribution in [2.75, 3.05) is 5.32 Å². The van der Waals surface area contributed by atoms with Crippen molar-refractivity contribution in [3.8, 4) is 5.69 Å². The lowest BCUT2D eigenvalue weighted by molar-refractivity contribution is -0.115. The van der Waals surface area contributed by atoms with Crippen LogP contribution in [0.5, 0.6) is 0 Å². The lowest BCUT2D eigenvalue weighted by Crippen LogP contribution is -2.23. The van der Waals surface area contributed by atoms with Gasteiger partial charge in [0.1, 0.15) is 0 Å². The molecule has 0 spiro atoms. The zero-order valence-electron chi connectivity index (χ0n) is 16.0. The third-order valence-electron chi connectivity index (χ3n) is 4.51. The van der Waals surface area contributed by atoms with E-state index in [-0.39, 0.29) is 11.2 Å². The molecule has 1 N–H and O–H groups in total. The summed E-state index contributed by atoms with van der Waals surface area (Å²) < 4.78 is 1.58. The van der Waals surface area contributed by atoms with Crippen molar-refractivity contribution >= 4 is 35.0 Å². The lowest BCUT2D eigenvalue weighted by Gasteiger charge is -2.17. The molecule has 0 unspecified atom stereocenters. The van der Waals surface area contributed by atoms with Crippen LogP contribution in [-0.2, 0) is 4.79 Å². The van der Waals surface area contributed by atoms with Crippen molar-refractivity contribution in [1.82, 2.24) is 20.2 Å². The first-order chi connectivity index (χ1) is 13.5. The van der Waals surface area contributed by atoms with Crippen molar-refractivity contribution in [1.29, 1.82) is 0 Å². The Bertz CT molecular complexity index is 961.